The maximum atomic E-state index is 7.73. The van der Waals surface area contributed by atoms with Crippen molar-refractivity contribution < 1.29 is 0 Å². The third-order valence-electron chi connectivity index (χ3n) is 3.56. The van der Waals surface area contributed by atoms with Crippen LogP contribution in [-0.4, -0.2) is 18.9 Å². The van der Waals surface area contributed by atoms with Crippen molar-refractivity contribution in [1.29, 1.82) is 5.41 Å². The molecule has 0 aliphatic carbocycles. The zero-order valence-electron chi connectivity index (χ0n) is 12.2. The molecule has 0 fully saturated rings. The number of nitrogens with two attached hydrogens (primary N) is 1. The van der Waals surface area contributed by atoms with Crippen molar-refractivity contribution in [1.82, 2.24) is 0 Å². The summed E-state index contributed by atoms with van der Waals surface area (Å²) >= 11 is 1.78. The number of amidine groups is 1. The van der Waals surface area contributed by atoms with Crippen LogP contribution in [0.15, 0.2) is 35.7 Å². The van der Waals surface area contributed by atoms with Gasteiger partial charge in [0, 0.05) is 35.6 Å². The molecule has 1 aromatic carbocycles. The lowest BCUT2D eigenvalue weighted by molar-refractivity contribution is 0.687. The number of rotatable bonds is 5. The maximum absolute atomic E-state index is 7.73. The van der Waals surface area contributed by atoms with Crippen LogP contribution in [0.25, 0.3) is 0 Å². The number of thiophene rings is 1. The third-order valence-corrected chi connectivity index (χ3v) is 4.46. The topological polar surface area (TPSA) is 53.1 Å². The van der Waals surface area contributed by atoms with Crippen molar-refractivity contribution in [2.24, 2.45) is 5.73 Å². The van der Waals surface area contributed by atoms with E-state index in [4.69, 9.17) is 11.1 Å². The van der Waals surface area contributed by atoms with E-state index in [1.54, 1.807) is 11.3 Å². The summed E-state index contributed by atoms with van der Waals surface area (Å²) in [6.07, 6.45) is 0.999. The van der Waals surface area contributed by atoms with Crippen LogP contribution in [0.2, 0.25) is 0 Å². The second-order valence-electron chi connectivity index (χ2n) is 5.18. The van der Waals surface area contributed by atoms with E-state index in [0.29, 0.717) is 6.04 Å². The first kappa shape index (κ1) is 14.6. The van der Waals surface area contributed by atoms with Gasteiger partial charge in [-0.15, -0.1) is 11.3 Å². The second-order valence-corrected chi connectivity index (χ2v) is 6.21. The van der Waals surface area contributed by atoms with Crippen LogP contribution in [0.5, 0.6) is 0 Å². The van der Waals surface area contributed by atoms with Crippen LogP contribution in [0.3, 0.4) is 0 Å². The van der Waals surface area contributed by atoms with Gasteiger partial charge in [-0.1, -0.05) is 12.1 Å². The molecule has 1 unspecified atom stereocenters. The van der Waals surface area contributed by atoms with Gasteiger partial charge in [-0.05, 0) is 43.0 Å². The normalized spacial score (nSPS) is 12.2. The molecule has 0 aliphatic heterocycles. The molecule has 3 N–H and O–H groups in total. The minimum atomic E-state index is 0.121. The fourth-order valence-electron chi connectivity index (χ4n) is 2.26. The summed E-state index contributed by atoms with van der Waals surface area (Å²) in [5, 5.41) is 9.84. The first-order valence-corrected chi connectivity index (χ1v) is 7.57. The lowest BCUT2D eigenvalue weighted by Crippen LogP contribution is -2.32. The largest absolute Gasteiger partial charge is 0.384 e. The van der Waals surface area contributed by atoms with E-state index in [1.807, 2.05) is 12.1 Å². The lowest BCUT2D eigenvalue weighted by Gasteiger charge is -2.29. The van der Waals surface area contributed by atoms with Gasteiger partial charge in [0.1, 0.15) is 5.84 Å². The molecule has 106 valence electrons. The Labute approximate surface area is 124 Å². The second kappa shape index (κ2) is 6.09. The molecule has 1 aromatic heterocycles. The van der Waals surface area contributed by atoms with E-state index in [9.17, 15) is 0 Å². The molecule has 0 amide bonds. The number of nitrogen functional groups attached to an aromatic ring is 1. The molecule has 0 saturated carbocycles. The molecule has 0 radical (unpaired) electrons. The molecule has 1 heterocycles. The third kappa shape index (κ3) is 3.20. The number of anilines is 1. The Morgan fingerprint density at radius 3 is 2.75 bits per heavy atom. The first-order chi connectivity index (χ1) is 9.49. The van der Waals surface area contributed by atoms with Crippen molar-refractivity contribution in [3.05, 3.63) is 51.7 Å². The number of hydrogen-bond acceptors (Lipinski definition) is 3. The van der Waals surface area contributed by atoms with Crippen LogP contribution in [0.1, 0.15) is 22.9 Å². The molecule has 2 rings (SSSR count). The van der Waals surface area contributed by atoms with E-state index in [2.05, 4.69) is 49.4 Å². The predicted octanol–water partition coefficient (Wildman–Crippen LogP) is 3.41. The summed E-state index contributed by atoms with van der Waals surface area (Å²) in [4.78, 5) is 3.59. The van der Waals surface area contributed by atoms with Crippen molar-refractivity contribution in [3.8, 4) is 0 Å². The molecule has 4 heteroatoms. The lowest BCUT2D eigenvalue weighted by atomic mass is 10.1. The molecule has 0 spiro atoms. The minimum absolute atomic E-state index is 0.121. The molecule has 0 aliphatic rings. The van der Waals surface area contributed by atoms with Gasteiger partial charge in [-0.25, -0.2) is 0 Å². The number of aryl methyl sites for hydroxylation is 1. The summed E-state index contributed by atoms with van der Waals surface area (Å²) in [5.74, 6) is 0.121. The van der Waals surface area contributed by atoms with Crippen LogP contribution >= 0.6 is 11.3 Å². The monoisotopic (exact) mass is 287 g/mol. The van der Waals surface area contributed by atoms with E-state index >= 15 is 0 Å². The molecule has 2 aromatic rings. The van der Waals surface area contributed by atoms with Crippen LogP contribution < -0.4 is 10.6 Å². The Hall–Kier alpha value is -1.81. The quantitative estimate of drug-likeness (QED) is 0.654. The zero-order chi connectivity index (χ0) is 14.7. The zero-order valence-corrected chi connectivity index (χ0v) is 13.0. The summed E-state index contributed by atoms with van der Waals surface area (Å²) in [6, 6.07) is 10.6. The highest BCUT2D eigenvalue weighted by Gasteiger charge is 2.16. The Morgan fingerprint density at radius 2 is 2.15 bits per heavy atom. The summed E-state index contributed by atoms with van der Waals surface area (Å²) in [5.41, 5.74) is 8.71. The van der Waals surface area contributed by atoms with E-state index in [-0.39, 0.29) is 5.84 Å². The van der Waals surface area contributed by atoms with E-state index in [0.717, 1.165) is 17.7 Å². The van der Waals surface area contributed by atoms with Crippen molar-refractivity contribution in [3.63, 3.8) is 0 Å². The molecular formula is C16H21N3S. The standard InChI is InChI=1S/C16H21N3S/c1-11-6-7-14(16(17)18)15(9-11)19(3)12(2)10-13-5-4-8-20-13/h4-9,12H,10H2,1-3H3,(H3,17,18). The fraction of sp³-hybridized carbons (Fsp3) is 0.312. The van der Waals surface area contributed by atoms with Gasteiger partial charge in [-0.2, -0.15) is 0 Å². The number of likely N-dealkylation sites (N-methyl/N-ethyl adjacent to an activating group) is 1. The summed E-state index contributed by atoms with van der Waals surface area (Å²) in [7, 11) is 2.07. The number of benzene rings is 1. The van der Waals surface area contributed by atoms with Gasteiger partial charge in [0.15, 0.2) is 0 Å². The highest BCUT2D eigenvalue weighted by molar-refractivity contribution is 7.09. The number of nitrogens with zero attached hydrogens (tertiary/aromatic N) is 1. The smallest absolute Gasteiger partial charge is 0.124 e. The SMILES string of the molecule is Cc1ccc(C(=N)N)c(N(C)C(C)Cc2cccs2)c1. The average molecular weight is 287 g/mol. The predicted molar refractivity (Wildman–Crippen MR) is 88.1 cm³/mol. The van der Waals surface area contributed by atoms with Crippen LogP contribution in [0, 0.1) is 12.3 Å². The Morgan fingerprint density at radius 1 is 1.40 bits per heavy atom. The van der Waals surface area contributed by atoms with Crippen LogP contribution in [-0.2, 0) is 6.42 Å². The maximum Gasteiger partial charge on any atom is 0.124 e. The highest BCUT2D eigenvalue weighted by atomic mass is 32.1. The van der Waals surface area contributed by atoms with Crippen LogP contribution in [0.4, 0.5) is 5.69 Å². The van der Waals surface area contributed by atoms with E-state index < -0.39 is 0 Å². The van der Waals surface area contributed by atoms with Crippen molar-refractivity contribution >= 4 is 22.9 Å². The molecule has 0 saturated heterocycles. The van der Waals surface area contributed by atoms with Crippen molar-refractivity contribution in [2.45, 2.75) is 26.3 Å². The van der Waals surface area contributed by atoms with Gasteiger partial charge in [0.2, 0.25) is 0 Å². The first-order valence-electron chi connectivity index (χ1n) is 6.69. The average Bonchev–Trinajstić information content (AvgIpc) is 2.90. The van der Waals surface area contributed by atoms with Gasteiger partial charge in [0.05, 0.1) is 0 Å². The molecule has 3 nitrogen and oxygen atoms in total. The van der Waals surface area contributed by atoms with Gasteiger partial charge >= 0.3 is 0 Å². The fourth-order valence-corrected chi connectivity index (χ4v) is 3.08. The Kier molecular flexibility index (Phi) is 4.45. The Balaban J connectivity index is 2.25. The van der Waals surface area contributed by atoms with Gasteiger partial charge in [0.25, 0.3) is 0 Å². The summed E-state index contributed by atoms with van der Waals surface area (Å²) in [6.45, 7) is 4.26. The molecule has 1 atom stereocenters. The Bertz CT molecular complexity index is 590. The summed E-state index contributed by atoms with van der Waals surface area (Å²) < 4.78 is 0. The number of nitrogens with one attached hydrogen (secondary N) is 1. The van der Waals surface area contributed by atoms with Gasteiger partial charge in [-0.3, -0.25) is 5.41 Å². The molecule has 0 bridgehead atoms. The van der Waals surface area contributed by atoms with Crippen molar-refractivity contribution in [2.75, 3.05) is 11.9 Å². The van der Waals surface area contributed by atoms with Gasteiger partial charge < -0.3 is 10.6 Å². The molecule has 20 heavy (non-hydrogen) atoms. The van der Waals surface area contributed by atoms with E-state index in [1.165, 1.54) is 10.4 Å². The minimum Gasteiger partial charge on any atom is -0.384 e. The highest BCUT2D eigenvalue weighted by Crippen LogP contribution is 2.24. The number of hydrogen-bond donors (Lipinski definition) is 2. The molecular weight excluding hydrogens is 266 g/mol.